The van der Waals surface area contributed by atoms with Gasteiger partial charge in [0.05, 0.1) is 19.1 Å². The van der Waals surface area contributed by atoms with Crippen LogP contribution >= 0.6 is 0 Å². The lowest BCUT2D eigenvalue weighted by Gasteiger charge is -2.18. The van der Waals surface area contributed by atoms with E-state index in [1.54, 1.807) is 7.11 Å². The van der Waals surface area contributed by atoms with Gasteiger partial charge in [-0.25, -0.2) is 0 Å². The Balaban J connectivity index is 1.41. The van der Waals surface area contributed by atoms with Crippen LogP contribution in [0.1, 0.15) is 29.5 Å². The van der Waals surface area contributed by atoms with Gasteiger partial charge >= 0.3 is 0 Å². The quantitative estimate of drug-likeness (QED) is 0.598. The van der Waals surface area contributed by atoms with Crippen molar-refractivity contribution >= 4 is 11.6 Å². The number of aliphatic hydroxyl groups is 1. The Hall–Kier alpha value is -3.51. The molecule has 1 aliphatic carbocycles. The minimum absolute atomic E-state index is 0.0167. The Morgan fingerprint density at radius 2 is 1.88 bits per heavy atom. The van der Waals surface area contributed by atoms with E-state index < -0.39 is 5.41 Å². The number of ether oxygens (including phenoxy) is 3. The molecule has 1 amide bonds. The van der Waals surface area contributed by atoms with Crippen LogP contribution < -0.4 is 19.5 Å². The van der Waals surface area contributed by atoms with Crippen molar-refractivity contribution in [1.82, 2.24) is 0 Å². The maximum absolute atomic E-state index is 13.3. The number of rotatable bonds is 6. The number of aryl methyl sites for hydroxylation is 1. The topological polar surface area (TPSA) is 77.0 Å². The molecule has 6 nitrogen and oxygen atoms in total. The van der Waals surface area contributed by atoms with Gasteiger partial charge in [0.2, 0.25) is 12.7 Å². The third-order valence-corrected chi connectivity index (χ3v) is 6.37. The van der Waals surface area contributed by atoms with E-state index in [1.165, 1.54) is 0 Å². The van der Waals surface area contributed by atoms with E-state index >= 15 is 0 Å². The maximum atomic E-state index is 13.3. The van der Waals surface area contributed by atoms with Crippen molar-refractivity contribution in [2.75, 3.05) is 19.2 Å². The molecule has 0 aromatic heterocycles. The summed E-state index contributed by atoms with van der Waals surface area (Å²) in [5, 5.41) is 12.8. The number of hydrogen-bond acceptors (Lipinski definition) is 5. The second-order valence-electron chi connectivity index (χ2n) is 8.32. The van der Waals surface area contributed by atoms with Crippen molar-refractivity contribution in [2.45, 2.75) is 31.8 Å². The molecule has 0 saturated heterocycles. The normalized spacial score (nSPS) is 15.3. The number of amides is 1. The van der Waals surface area contributed by atoms with E-state index in [2.05, 4.69) is 5.32 Å². The van der Waals surface area contributed by atoms with Gasteiger partial charge in [0, 0.05) is 11.3 Å². The second-order valence-corrected chi connectivity index (χ2v) is 8.32. The summed E-state index contributed by atoms with van der Waals surface area (Å²) in [4.78, 5) is 13.3. The van der Waals surface area contributed by atoms with E-state index in [9.17, 15) is 9.90 Å². The fourth-order valence-corrected chi connectivity index (χ4v) is 4.30. The van der Waals surface area contributed by atoms with E-state index in [-0.39, 0.29) is 19.3 Å². The Morgan fingerprint density at radius 3 is 2.62 bits per heavy atom. The highest BCUT2D eigenvalue weighted by Gasteiger charge is 2.51. The molecule has 1 saturated carbocycles. The number of benzene rings is 3. The number of fused-ring (bicyclic) bond motifs is 1. The van der Waals surface area contributed by atoms with Crippen LogP contribution in [0, 0.1) is 6.92 Å². The first kappa shape index (κ1) is 20.4. The minimum Gasteiger partial charge on any atom is -0.496 e. The molecule has 0 radical (unpaired) electrons. The molecule has 1 heterocycles. The van der Waals surface area contributed by atoms with Crippen molar-refractivity contribution < 1.29 is 24.1 Å². The molecule has 0 bridgehead atoms. The minimum atomic E-state index is -0.532. The van der Waals surface area contributed by atoms with E-state index in [0.29, 0.717) is 11.5 Å². The van der Waals surface area contributed by atoms with E-state index in [4.69, 9.17) is 14.2 Å². The zero-order chi connectivity index (χ0) is 22.3. The number of methoxy groups -OCH3 is 1. The van der Waals surface area contributed by atoms with Gasteiger partial charge in [-0.1, -0.05) is 18.2 Å². The fourth-order valence-electron chi connectivity index (χ4n) is 4.30. The highest BCUT2D eigenvalue weighted by Crippen LogP contribution is 2.51. The third kappa shape index (κ3) is 3.46. The van der Waals surface area contributed by atoms with E-state index in [1.807, 2.05) is 61.5 Å². The maximum Gasteiger partial charge on any atom is 0.235 e. The predicted molar refractivity (Wildman–Crippen MR) is 121 cm³/mol. The highest BCUT2D eigenvalue weighted by molar-refractivity contribution is 6.02. The van der Waals surface area contributed by atoms with Gasteiger partial charge in [-0.2, -0.15) is 0 Å². The smallest absolute Gasteiger partial charge is 0.235 e. The average molecular weight is 431 g/mol. The van der Waals surface area contributed by atoms with Gasteiger partial charge in [0.1, 0.15) is 5.75 Å². The number of carbonyl (C=O) groups is 1. The molecular formula is C26H25NO5. The van der Waals surface area contributed by atoms with Crippen molar-refractivity contribution in [3.63, 3.8) is 0 Å². The highest BCUT2D eigenvalue weighted by atomic mass is 16.7. The van der Waals surface area contributed by atoms with Crippen molar-refractivity contribution in [1.29, 1.82) is 0 Å². The van der Waals surface area contributed by atoms with Gasteiger partial charge in [-0.15, -0.1) is 0 Å². The standard InChI is InChI=1S/C26H25NO5/c1-16-3-6-20(13-21(16)17-4-7-22(30-2)18(11-17)14-28)27-25(29)26(9-10-26)19-5-8-23-24(12-19)32-15-31-23/h3-8,11-13,28H,9-10,14-15H2,1-2H3,(H,27,29). The Bertz CT molecular complexity index is 1200. The molecule has 5 rings (SSSR count). The summed E-state index contributed by atoms with van der Waals surface area (Å²) in [6, 6.07) is 17.4. The van der Waals surface area contributed by atoms with Crippen LogP contribution in [0.2, 0.25) is 0 Å². The molecule has 2 aliphatic rings. The molecule has 0 atom stereocenters. The van der Waals surface area contributed by atoms with Crippen LogP contribution in [-0.4, -0.2) is 24.9 Å². The number of hydrogen-bond donors (Lipinski definition) is 2. The Morgan fingerprint density at radius 1 is 1.06 bits per heavy atom. The SMILES string of the molecule is COc1ccc(-c2cc(NC(=O)C3(c4ccc5c(c4)OCO5)CC3)ccc2C)cc1CO. The fraction of sp³-hybridized carbons (Fsp3) is 0.269. The molecule has 2 N–H and O–H groups in total. The van der Waals surface area contributed by atoms with Crippen LogP contribution in [0.5, 0.6) is 17.2 Å². The molecule has 32 heavy (non-hydrogen) atoms. The molecule has 0 spiro atoms. The number of nitrogens with one attached hydrogen (secondary N) is 1. The largest absolute Gasteiger partial charge is 0.496 e. The van der Waals surface area contributed by atoms with Gasteiger partial charge in [-0.05, 0) is 78.4 Å². The molecular weight excluding hydrogens is 406 g/mol. The van der Waals surface area contributed by atoms with Gasteiger partial charge in [0.25, 0.3) is 0 Å². The van der Waals surface area contributed by atoms with Crippen molar-refractivity contribution in [3.05, 3.63) is 71.3 Å². The predicted octanol–water partition coefficient (Wildman–Crippen LogP) is 4.56. The number of aliphatic hydroxyl groups excluding tert-OH is 1. The lowest BCUT2D eigenvalue weighted by Crippen LogP contribution is -2.27. The zero-order valence-corrected chi connectivity index (χ0v) is 18.1. The Kier molecular flexibility index (Phi) is 5.02. The van der Waals surface area contributed by atoms with Gasteiger partial charge in [-0.3, -0.25) is 4.79 Å². The van der Waals surface area contributed by atoms with Crippen molar-refractivity contribution in [2.24, 2.45) is 0 Å². The first-order valence-corrected chi connectivity index (χ1v) is 10.6. The Labute approximate surface area is 186 Å². The number of anilines is 1. The monoisotopic (exact) mass is 431 g/mol. The van der Waals surface area contributed by atoms with E-state index in [0.717, 1.165) is 52.1 Å². The molecule has 3 aromatic rings. The van der Waals surface area contributed by atoms with Gasteiger partial charge < -0.3 is 24.6 Å². The number of carbonyl (C=O) groups excluding carboxylic acids is 1. The zero-order valence-electron chi connectivity index (χ0n) is 18.1. The van der Waals surface area contributed by atoms with Crippen LogP contribution in [0.4, 0.5) is 5.69 Å². The first-order chi connectivity index (χ1) is 15.5. The molecule has 3 aromatic carbocycles. The van der Waals surface area contributed by atoms with Crippen LogP contribution in [0.25, 0.3) is 11.1 Å². The summed E-state index contributed by atoms with van der Waals surface area (Å²) in [5.74, 6) is 2.04. The van der Waals surface area contributed by atoms with Gasteiger partial charge in [0.15, 0.2) is 11.5 Å². The summed E-state index contributed by atoms with van der Waals surface area (Å²) in [7, 11) is 1.59. The first-order valence-electron chi connectivity index (χ1n) is 10.6. The van der Waals surface area contributed by atoms with Crippen LogP contribution in [0.15, 0.2) is 54.6 Å². The van der Waals surface area contributed by atoms with Crippen LogP contribution in [0.3, 0.4) is 0 Å². The van der Waals surface area contributed by atoms with Crippen LogP contribution in [-0.2, 0) is 16.8 Å². The molecule has 6 heteroatoms. The molecule has 0 unspecified atom stereocenters. The van der Waals surface area contributed by atoms with Crippen molar-refractivity contribution in [3.8, 4) is 28.4 Å². The molecule has 164 valence electrons. The summed E-state index contributed by atoms with van der Waals surface area (Å²) < 4.78 is 16.2. The summed E-state index contributed by atoms with van der Waals surface area (Å²) in [5.41, 5.74) is 4.91. The molecule has 1 aliphatic heterocycles. The second kappa shape index (κ2) is 7.88. The average Bonchev–Trinajstić information content (AvgIpc) is 3.50. The molecule has 1 fully saturated rings. The summed E-state index contributed by atoms with van der Waals surface area (Å²) >= 11 is 0. The lowest BCUT2D eigenvalue weighted by atomic mass is 9.94. The summed E-state index contributed by atoms with van der Waals surface area (Å²) in [6.45, 7) is 2.14. The summed E-state index contributed by atoms with van der Waals surface area (Å²) in [6.07, 6.45) is 1.60. The lowest BCUT2D eigenvalue weighted by molar-refractivity contribution is -0.118. The third-order valence-electron chi connectivity index (χ3n) is 6.37.